The van der Waals surface area contributed by atoms with E-state index in [2.05, 4.69) is 30.9 Å². The molecule has 2 aromatic heterocycles. The zero-order valence-electron chi connectivity index (χ0n) is 19.0. The van der Waals surface area contributed by atoms with Crippen LogP contribution in [0, 0.1) is 0 Å². The minimum atomic E-state index is -4.25. The average Bonchev–Trinajstić information content (AvgIpc) is 3.40. The van der Waals surface area contributed by atoms with Gasteiger partial charge in [0, 0.05) is 5.69 Å². The van der Waals surface area contributed by atoms with Crippen molar-refractivity contribution in [1.29, 1.82) is 0 Å². The number of nitrogens with one attached hydrogen (secondary N) is 3. The van der Waals surface area contributed by atoms with Gasteiger partial charge in [0.2, 0.25) is 0 Å². The average molecular weight is 537 g/mol. The van der Waals surface area contributed by atoms with Gasteiger partial charge in [-0.2, -0.15) is 0 Å². The minimum absolute atomic E-state index is 0.0835. The highest BCUT2D eigenvalue weighted by molar-refractivity contribution is 7.52. The number of aliphatic hydroxyl groups excluding tert-OH is 2. The fourth-order valence-electron chi connectivity index (χ4n) is 3.56. The third kappa shape index (κ3) is 6.44. The number of carboxylic acid groups (broad SMARTS) is 1. The zero-order chi connectivity index (χ0) is 26.6. The maximum atomic E-state index is 12.4. The second-order valence-electron chi connectivity index (χ2n) is 7.95. The fourth-order valence-corrected chi connectivity index (χ4v) is 4.42. The van der Waals surface area contributed by atoms with Crippen molar-refractivity contribution in [3.05, 3.63) is 43.0 Å². The van der Waals surface area contributed by atoms with Crippen molar-refractivity contribution < 1.29 is 43.6 Å². The number of amides is 2. The molecule has 5 atom stereocenters. The monoisotopic (exact) mass is 537 g/mol. The molecule has 4 rings (SSSR count). The molecule has 2 amide bonds. The number of para-hydroxylation sites is 1. The molecule has 1 fully saturated rings. The first-order chi connectivity index (χ1) is 17.6. The van der Waals surface area contributed by atoms with Crippen LogP contribution in [0.5, 0.6) is 0 Å². The Bertz CT molecular complexity index is 1310. The van der Waals surface area contributed by atoms with E-state index in [0.29, 0.717) is 5.69 Å². The number of rotatable bonds is 10. The van der Waals surface area contributed by atoms with Crippen molar-refractivity contribution in [2.75, 3.05) is 30.1 Å². The molecule has 1 saturated heterocycles. The molecule has 16 nitrogen and oxygen atoms in total. The van der Waals surface area contributed by atoms with Gasteiger partial charge in [-0.05, 0) is 12.1 Å². The summed E-state index contributed by atoms with van der Waals surface area (Å²) in [6.07, 6.45) is -3.57. The van der Waals surface area contributed by atoms with Gasteiger partial charge in [-0.15, -0.1) is 0 Å². The second-order valence-corrected chi connectivity index (χ2v) is 9.80. The lowest BCUT2D eigenvalue weighted by Crippen LogP contribution is -2.34. The molecule has 37 heavy (non-hydrogen) atoms. The van der Waals surface area contributed by atoms with Crippen LogP contribution < -0.4 is 16.0 Å². The quantitative estimate of drug-likeness (QED) is 0.168. The number of urea groups is 1. The molecule has 7 N–H and O–H groups in total. The van der Waals surface area contributed by atoms with E-state index in [4.69, 9.17) is 14.4 Å². The van der Waals surface area contributed by atoms with Crippen molar-refractivity contribution >= 4 is 42.3 Å². The van der Waals surface area contributed by atoms with Crippen LogP contribution in [0.3, 0.4) is 0 Å². The molecular weight excluding hydrogens is 513 g/mol. The molecule has 3 aromatic rings. The molecule has 1 aromatic carbocycles. The standard InChI is InChI=1S/C20H24N7O9P/c28-13(29)6-21-10-37(33,34)35-7-12-15(30)16(31)19(36-12)27-9-24-14-17(22-8-23-18(14)27)26-20(32)25-11-4-2-1-3-5-11/h1-5,8-9,12,15-16,19,21,30-31H,6-7,10H2,(H,28,29)(H,33,34)(H2,22,23,25,26,32)/t12-,15+,16+,19-/m1/s1. The summed E-state index contributed by atoms with van der Waals surface area (Å²) in [4.78, 5) is 45.1. The van der Waals surface area contributed by atoms with Crippen LogP contribution in [0.1, 0.15) is 6.23 Å². The summed E-state index contributed by atoms with van der Waals surface area (Å²) in [5.41, 5.74) is 0.916. The lowest BCUT2D eigenvalue weighted by atomic mass is 10.1. The number of carbonyl (C=O) groups excluding carboxylic acids is 1. The number of imidazole rings is 1. The maximum Gasteiger partial charge on any atom is 0.341 e. The summed E-state index contributed by atoms with van der Waals surface area (Å²) >= 11 is 0. The molecule has 0 saturated carbocycles. The van der Waals surface area contributed by atoms with Crippen molar-refractivity contribution in [2.24, 2.45) is 0 Å². The summed E-state index contributed by atoms with van der Waals surface area (Å²) < 4.78 is 24.0. The van der Waals surface area contributed by atoms with E-state index in [-0.39, 0.29) is 17.0 Å². The number of benzene rings is 1. The number of anilines is 2. The summed E-state index contributed by atoms with van der Waals surface area (Å²) in [5, 5.41) is 37.0. The Hall–Kier alpha value is -3.50. The van der Waals surface area contributed by atoms with E-state index in [1.807, 2.05) is 0 Å². The molecule has 0 radical (unpaired) electrons. The Labute approximate surface area is 208 Å². The van der Waals surface area contributed by atoms with Crippen molar-refractivity contribution in [3.63, 3.8) is 0 Å². The number of hydrogen-bond donors (Lipinski definition) is 7. The molecule has 198 valence electrons. The van der Waals surface area contributed by atoms with Crippen molar-refractivity contribution in [1.82, 2.24) is 24.8 Å². The summed E-state index contributed by atoms with van der Waals surface area (Å²) in [6, 6.07) is 8.16. The number of carboxylic acids is 1. The van der Waals surface area contributed by atoms with E-state index in [1.165, 1.54) is 17.2 Å². The Morgan fingerprint density at radius 1 is 1.11 bits per heavy atom. The minimum Gasteiger partial charge on any atom is -0.480 e. The Balaban J connectivity index is 1.43. The highest BCUT2D eigenvalue weighted by Crippen LogP contribution is 2.42. The summed E-state index contributed by atoms with van der Waals surface area (Å²) in [6.45, 7) is -1.11. The first-order valence-electron chi connectivity index (χ1n) is 10.9. The van der Waals surface area contributed by atoms with Crippen LogP contribution in [0.15, 0.2) is 43.0 Å². The number of aliphatic carboxylic acids is 1. The van der Waals surface area contributed by atoms with Crippen LogP contribution in [0.25, 0.3) is 11.2 Å². The lowest BCUT2D eigenvalue weighted by Gasteiger charge is -2.18. The SMILES string of the molecule is O=C(O)CNCP(=O)(O)OC[C@H]1O[C@@H](n2cnc3c(NC(=O)Nc4ccccc4)ncnc32)[C@@H](O)[C@H]1O. The van der Waals surface area contributed by atoms with E-state index in [0.717, 1.165) is 0 Å². The number of nitrogens with zero attached hydrogens (tertiary/aromatic N) is 4. The number of carbonyl (C=O) groups is 2. The highest BCUT2D eigenvalue weighted by Gasteiger charge is 2.45. The molecule has 0 spiro atoms. The fraction of sp³-hybridized carbons (Fsp3) is 0.350. The van der Waals surface area contributed by atoms with Gasteiger partial charge in [0.15, 0.2) is 23.2 Å². The molecule has 0 bridgehead atoms. The number of ether oxygens (including phenoxy) is 1. The predicted octanol–water partition coefficient (Wildman–Crippen LogP) is -0.0768. The largest absolute Gasteiger partial charge is 0.480 e. The normalized spacial score (nSPS) is 23.0. The molecule has 0 aliphatic carbocycles. The lowest BCUT2D eigenvalue weighted by molar-refractivity contribution is -0.135. The summed E-state index contributed by atoms with van der Waals surface area (Å²) in [5.74, 6) is -1.13. The third-order valence-electron chi connectivity index (χ3n) is 5.26. The highest BCUT2D eigenvalue weighted by atomic mass is 31.2. The third-order valence-corrected chi connectivity index (χ3v) is 6.44. The Morgan fingerprint density at radius 3 is 2.59 bits per heavy atom. The summed E-state index contributed by atoms with van der Waals surface area (Å²) in [7, 11) is -4.25. The number of hydrogen-bond acceptors (Lipinski definition) is 11. The van der Waals surface area contributed by atoms with Crippen LogP contribution in [0.2, 0.25) is 0 Å². The molecular formula is C20H24N7O9P. The van der Waals surface area contributed by atoms with Crippen LogP contribution in [-0.2, 0) is 18.6 Å². The Kier molecular flexibility index (Phi) is 8.09. The number of aromatic nitrogens is 4. The Morgan fingerprint density at radius 2 is 1.86 bits per heavy atom. The van der Waals surface area contributed by atoms with Gasteiger partial charge in [-0.1, -0.05) is 18.2 Å². The first-order valence-corrected chi connectivity index (χ1v) is 12.6. The van der Waals surface area contributed by atoms with Crippen LogP contribution in [-0.4, -0.2) is 89.5 Å². The number of aliphatic hydroxyl groups is 2. The molecule has 17 heteroatoms. The maximum absolute atomic E-state index is 12.4. The van der Waals surface area contributed by atoms with E-state index >= 15 is 0 Å². The van der Waals surface area contributed by atoms with Gasteiger partial charge in [0.25, 0.3) is 0 Å². The topological polar surface area (TPSA) is 230 Å². The first kappa shape index (κ1) is 26.6. The smallest absolute Gasteiger partial charge is 0.341 e. The second kappa shape index (κ2) is 11.3. The van der Waals surface area contributed by atoms with Gasteiger partial charge in [0.05, 0.1) is 25.8 Å². The van der Waals surface area contributed by atoms with Crippen molar-refractivity contribution in [2.45, 2.75) is 24.5 Å². The van der Waals surface area contributed by atoms with E-state index < -0.39 is 63.6 Å². The van der Waals surface area contributed by atoms with Gasteiger partial charge < -0.3 is 34.8 Å². The van der Waals surface area contributed by atoms with Gasteiger partial charge in [0.1, 0.15) is 24.6 Å². The molecule has 1 unspecified atom stereocenters. The molecule has 1 aliphatic heterocycles. The van der Waals surface area contributed by atoms with E-state index in [9.17, 15) is 29.3 Å². The van der Waals surface area contributed by atoms with E-state index in [1.54, 1.807) is 30.3 Å². The van der Waals surface area contributed by atoms with Gasteiger partial charge in [-0.25, -0.2) is 19.7 Å². The van der Waals surface area contributed by atoms with Gasteiger partial charge in [-0.3, -0.25) is 24.6 Å². The number of fused-ring (bicyclic) bond motifs is 1. The van der Waals surface area contributed by atoms with Gasteiger partial charge >= 0.3 is 19.6 Å². The van der Waals surface area contributed by atoms with Crippen molar-refractivity contribution in [3.8, 4) is 0 Å². The zero-order valence-corrected chi connectivity index (χ0v) is 19.9. The van der Waals surface area contributed by atoms with Crippen LogP contribution >= 0.6 is 7.60 Å². The predicted molar refractivity (Wildman–Crippen MR) is 127 cm³/mol. The van der Waals surface area contributed by atoms with Crippen LogP contribution in [0.4, 0.5) is 16.3 Å². The molecule has 1 aliphatic rings. The molecule has 3 heterocycles.